The van der Waals surface area contributed by atoms with E-state index in [2.05, 4.69) is 10.1 Å². The summed E-state index contributed by atoms with van der Waals surface area (Å²) in [5.74, 6) is -1.62. The van der Waals surface area contributed by atoms with Crippen LogP contribution in [0.25, 0.3) is 5.65 Å². The quantitative estimate of drug-likeness (QED) is 0.862. The Labute approximate surface area is 114 Å². The molecule has 3 rings (SSSR count). The first-order valence-electron chi connectivity index (χ1n) is 6.38. The van der Waals surface area contributed by atoms with E-state index in [9.17, 15) is 9.59 Å². The van der Waals surface area contributed by atoms with Gasteiger partial charge in [0.25, 0.3) is 5.91 Å². The van der Waals surface area contributed by atoms with E-state index >= 15 is 0 Å². The van der Waals surface area contributed by atoms with Crippen molar-refractivity contribution in [2.75, 3.05) is 13.1 Å². The lowest BCUT2D eigenvalue weighted by Crippen LogP contribution is -2.29. The van der Waals surface area contributed by atoms with Crippen molar-refractivity contribution in [3.8, 4) is 0 Å². The average molecular weight is 274 g/mol. The van der Waals surface area contributed by atoms with Crippen LogP contribution in [0.5, 0.6) is 0 Å². The van der Waals surface area contributed by atoms with Crippen molar-refractivity contribution in [3.63, 3.8) is 0 Å². The number of carboxylic acids is 1. The molecule has 0 aromatic carbocycles. The minimum absolute atomic E-state index is 0.0498. The van der Waals surface area contributed by atoms with Gasteiger partial charge in [0.15, 0.2) is 5.65 Å². The summed E-state index contributed by atoms with van der Waals surface area (Å²) in [5, 5.41) is 13.2. The molecule has 1 aliphatic heterocycles. The van der Waals surface area contributed by atoms with Gasteiger partial charge in [-0.1, -0.05) is 6.92 Å². The summed E-state index contributed by atoms with van der Waals surface area (Å²) in [4.78, 5) is 29.3. The Morgan fingerprint density at radius 2 is 2.20 bits per heavy atom. The molecule has 1 amide bonds. The van der Waals surface area contributed by atoms with E-state index in [1.807, 2.05) is 6.92 Å². The monoisotopic (exact) mass is 274 g/mol. The first-order chi connectivity index (χ1) is 9.58. The number of carbonyl (C=O) groups excluding carboxylic acids is 1. The molecular formula is C13H14N4O3. The molecule has 0 radical (unpaired) electrons. The summed E-state index contributed by atoms with van der Waals surface area (Å²) < 4.78 is 1.53. The van der Waals surface area contributed by atoms with Gasteiger partial charge in [-0.2, -0.15) is 5.10 Å². The fourth-order valence-corrected chi connectivity index (χ4v) is 2.60. The predicted molar refractivity (Wildman–Crippen MR) is 69.2 cm³/mol. The molecule has 7 heteroatoms. The number of hydrogen-bond acceptors (Lipinski definition) is 4. The van der Waals surface area contributed by atoms with Crippen molar-refractivity contribution in [2.24, 2.45) is 11.8 Å². The largest absolute Gasteiger partial charge is 0.481 e. The molecule has 0 unspecified atom stereocenters. The number of amides is 1. The molecule has 1 N–H and O–H groups in total. The molecule has 1 fully saturated rings. The van der Waals surface area contributed by atoms with Crippen LogP contribution in [0.4, 0.5) is 0 Å². The van der Waals surface area contributed by atoms with Gasteiger partial charge in [0.1, 0.15) is 5.56 Å². The highest BCUT2D eigenvalue weighted by molar-refractivity contribution is 6.00. The van der Waals surface area contributed by atoms with Crippen LogP contribution in [0.3, 0.4) is 0 Å². The highest BCUT2D eigenvalue weighted by Crippen LogP contribution is 2.25. The zero-order chi connectivity index (χ0) is 14.3. The zero-order valence-corrected chi connectivity index (χ0v) is 10.9. The topological polar surface area (TPSA) is 87.8 Å². The van der Waals surface area contributed by atoms with Gasteiger partial charge < -0.3 is 10.0 Å². The number of carbonyl (C=O) groups is 2. The number of likely N-dealkylation sites (tertiary alicyclic amines) is 1. The molecule has 2 aromatic rings. The zero-order valence-electron chi connectivity index (χ0n) is 10.9. The van der Waals surface area contributed by atoms with E-state index in [0.29, 0.717) is 17.8 Å². The van der Waals surface area contributed by atoms with Gasteiger partial charge >= 0.3 is 5.97 Å². The summed E-state index contributed by atoms with van der Waals surface area (Å²) in [7, 11) is 0. The first kappa shape index (κ1) is 12.6. The van der Waals surface area contributed by atoms with Crippen LogP contribution in [0.1, 0.15) is 17.3 Å². The molecular weight excluding hydrogens is 260 g/mol. The standard InChI is InChI=1S/C13H14N4O3/c1-8-6-16(7-10(8)13(19)20)12(18)9-5-15-17-4-2-3-14-11(9)17/h2-5,8,10H,6-7H2,1H3,(H,19,20)/t8-,10-/m1/s1. The lowest BCUT2D eigenvalue weighted by Gasteiger charge is -2.14. The third-order valence-corrected chi connectivity index (χ3v) is 3.73. The maximum absolute atomic E-state index is 12.5. The highest BCUT2D eigenvalue weighted by atomic mass is 16.4. The van der Waals surface area contributed by atoms with E-state index in [1.54, 1.807) is 23.4 Å². The lowest BCUT2D eigenvalue weighted by atomic mass is 9.99. The van der Waals surface area contributed by atoms with Gasteiger partial charge in [0, 0.05) is 25.5 Å². The molecule has 0 saturated carbocycles. The molecule has 7 nitrogen and oxygen atoms in total. The Bertz CT molecular complexity index is 681. The summed E-state index contributed by atoms with van der Waals surface area (Å²) >= 11 is 0. The molecule has 0 spiro atoms. The number of aromatic nitrogens is 3. The maximum atomic E-state index is 12.5. The van der Waals surface area contributed by atoms with Crippen molar-refractivity contribution in [1.29, 1.82) is 0 Å². The van der Waals surface area contributed by atoms with Crippen LogP contribution in [-0.4, -0.2) is 49.6 Å². The van der Waals surface area contributed by atoms with Crippen LogP contribution >= 0.6 is 0 Å². The van der Waals surface area contributed by atoms with Gasteiger partial charge in [0.05, 0.1) is 12.1 Å². The van der Waals surface area contributed by atoms with Crippen LogP contribution < -0.4 is 0 Å². The molecule has 0 aliphatic carbocycles. The lowest BCUT2D eigenvalue weighted by molar-refractivity contribution is -0.142. The predicted octanol–water partition coefficient (Wildman–Crippen LogP) is 0.522. The molecule has 104 valence electrons. The maximum Gasteiger partial charge on any atom is 0.308 e. The average Bonchev–Trinajstić information content (AvgIpc) is 3.01. The Balaban J connectivity index is 1.89. The summed E-state index contributed by atoms with van der Waals surface area (Å²) in [6.45, 7) is 2.53. The van der Waals surface area contributed by atoms with E-state index in [1.165, 1.54) is 10.7 Å². The van der Waals surface area contributed by atoms with Crippen LogP contribution in [0.2, 0.25) is 0 Å². The van der Waals surface area contributed by atoms with Gasteiger partial charge in [-0.3, -0.25) is 9.59 Å². The van der Waals surface area contributed by atoms with Crippen molar-refractivity contribution in [1.82, 2.24) is 19.5 Å². The van der Waals surface area contributed by atoms with Crippen molar-refractivity contribution < 1.29 is 14.7 Å². The van der Waals surface area contributed by atoms with Crippen LogP contribution in [0, 0.1) is 11.8 Å². The molecule has 1 saturated heterocycles. The Kier molecular flexibility index (Phi) is 2.89. The molecule has 20 heavy (non-hydrogen) atoms. The smallest absolute Gasteiger partial charge is 0.308 e. The van der Waals surface area contributed by atoms with E-state index in [0.717, 1.165) is 0 Å². The number of carboxylic acid groups (broad SMARTS) is 1. The number of aliphatic carboxylic acids is 1. The minimum atomic E-state index is -0.856. The molecule has 3 heterocycles. The Morgan fingerprint density at radius 3 is 2.90 bits per heavy atom. The summed E-state index contributed by atoms with van der Waals surface area (Å²) in [6.07, 6.45) is 4.79. The van der Waals surface area contributed by atoms with Crippen molar-refractivity contribution in [2.45, 2.75) is 6.92 Å². The number of rotatable bonds is 2. The SMILES string of the molecule is C[C@@H]1CN(C(=O)c2cnn3cccnc23)C[C@H]1C(=O)O. The minimum Gasteiger partial charge on any atom is -0.481 e. The Morgan fingerprint density at radius 1 is 1.40 bits per heavy atom. The van der Waals surface area contributed by atoms with Crippen LogP contribution in [0.15, 0.2) is 24.7 Å². The third kappa shape index (κ3) is 1.91. The second-order valence-electron chi connectivity index (χ2n) is 5.08. The van der Waals surface area contributed by atoms with Gasteiger partial charge in [0.2, 0.25) is 0 Å². The highest BCUT2D eigenvalue weighted by Gasteiger charge is 2.37. The van der Waals surface area contributed by atoms with Gasteiger partial charge in [-0.05, 0) is 12.0 Å². The third-order valence-electron chi connectivity index (χ3n) is 3.73. The molecule has 0 bridgehead atoms. The second kappa shape index (κ2) is 4.59. The number of hydrogen-bond donors (Lipinski definition) is 1. The van der Waals surface area contributed by atoms with Gasteiger partial charge in [-0.15, -0.1) is 0 Å². The molecule has 1 aliphatic rings. The van der Waals surface area contributed by atoms with Crippen molar-refractivity contribution in [3.05, 3.63) is 30.2 Å². The van der Waals surface area contributed by atoms with E-state index in [4.69, 9.17) is 5.11 Å². The number of nitrogens with zero attached hydrogens (tertiary/aromatic N) is 4. The summed E-state index contributed by atoms with van der Waals surface area (Å²) in [6, 6.07) is 1.73. The normalized spacial score (nSPS) is 22.4. The van der Waals surface area contributed by atoms with E-state index in [-0.39, 0.29) is 18.4 Å². The number of fused-ring (bicyclic) bond motifs is 1. The second-order valence-corrected chi connectivity index (χ2v) is 5.08. The van der Waals surface area contributed by atoms with Crippen LogP contribution in [-0.2, 0) is 4.79 Å². The fraction of sp³-hybridized carbons (Fsp3) is 0.385. The molecule has 2 atom stereocenters. The first-order valence-corrected chi connectivity index (χ1v) is 6.38. The fourth-order valence-electron chi connectivity index (χ4n) is 2.60. The van der Waals surface area contributed by atoms with Gasteiger partial charge in [-0.25, -0.2) is 9.50 Å². The molecule has 2 aromatic heterocycles. The van der Waals surface area contributed by atoms with E-state index < -0.39 is 11.9 Å². The summed E-state index contributed by atoms with van der Waals surface area (Å²) in [5.41, 5.74) is 0.896. The van der Waals surface area contributed by atoms with Crippen molar-refractivity contribution >= 4 is 17.5 Å². The Hall–Kier alpha value is -2.44.